The molecule has 3 rings (SSSR count). The van der Waals surface area contributed by atoms with E-state index >= 15 is 0 Å². The molecule has 0 bridgehead atoms. The van der Waals surface area contributed by atoms with Gasteiger partial charge in [-0.2, -0.15) is 4.72 Å². The number of sulfonamides is 1. The molecule has 0 amide bonds. The van der Waals surface area contributed by atoms with Crippen molar-refractivity contribution in [2.24, 2.45) is 5.92 Å². The first-order chi connectivity index (χ1) is 15.0. The van der Waals surface area contributed by atoms with Crippen molar-refractivity contribution in [1.82, 2.24) is 4.72 Å². The number of fused-ring (bicyclic) bond motifs is 1. The minimum Gasteiger partial charge on any atom is -0.497 e. The van der Waals surface area contributed by atoms with E-state index < -0.39 is 36.0 Å². The molecule has 2 atom stereocenters. The Morgan fingerprint density at radius 3 is 2.44 bits per heavy atom. The van der Waals surface area contributed by atoms with Gasteiger partial charge in [0.05, 0.1) is 26.7 Å². The molecule has 0 radical (unpaired) electrons. The maximum Gasteiger partial charge on any atom is 0.324 e. The standard InChI is InChI=1S/C23H29NO6SSi/c1-6-30-23(26)21(24-31(27,28)17-10-7-15(2)8-11-17)19-14-32(4,5)20-13-16(29-3)9-12-18(20)22(19)25/h7-13,19,21,24H,6,14H2,1-5H3/t19-,21+/m1/s1. The number of esters is 1. The number of aryl methyl sites for hydroxylation is 1. The summed E-state index contributed by atoms with van der Waals surface area (Å²) in [6.07, 6.45) is 0. The molecule has 2 aromatic rings. The van der Waals surface area contributed by atoms with Gasteiger partial charge in [-0.05, 0) is 55.4 Å². The monoisotopic (exact) mass is 475 g/mol. The van der Waals surface area contributed by atoms with E-state index in [1.54, 1.807) is 38.3 Å². The zero-order chi connectivity index (χ0) is 23.7. The van der Waals surface area contributed by atoms with Crippen LogP contribution < -0.4 is 14.6 Å². The van der Waals surface area contributed by atoms with Crippen LogP contribution in [0, 0.1) is 12.8 Å². The lowest BCUT2D eigenvalue weighted by atomic mass is 9.92. The number of carbonyl (C=O) groups is 2. The molecule has 1 N–H and O–H groups in total. The van der Waals surface area contributed by atoms with Crippen molar-refractivity contribution in [3.63, 3.8) is 0 Å². The van der Waals surface area contributed by atoms with Crippen LogP contribution >= 0.6 is 0 Å². The first kappa shape index (κ1) is 24.2. The number of benzene rings is 2. The minimum atomic E-state index is -4.05. The predicted molar refractivity (Wildman–Crippen MR) is 125 cm³/mol. The highest BCUT2D eigenvalue weighted by Crippen LogP contribution is 2.32. The Morgan fingerprint density at radius 2 is 1.84 bits per heavy atom. The zero-order valence-electron chi connectivity index (χ0n) is 19.0. The van der Waals surface area contributed by atoms with Gasteiger partial charge < -0.3 is 9.47 Å². The topological polar surface area (TPSA) is 98.8 Å². The number of hydrogen-bond acceptors (Lipinski definition) is 6. The maximum absolute atomic E-state index is 13.5. The fraction of sp³-hybridized carbons (Fsp3) is 0.391. The lowest BCUT2D eigenvalue weighted by molar-refractivity contribution is -0.146. The normalized spacial score (nSPS) is 18.5. The number of ketones is 1. The Balaban J connectivity index is 2.03. The molecule has 7 nitrogen and oxygen atoms in total. The van der Waals surface area contributed by atoms with Crippen LogP contribution in [0.5, 0.6) is 5.75 Å². The van der Waals surface area contributed by atoms with Crippen LogP contribution in [0.3, 0.4) is 0 Å². The molecule has 0 fully saturated rings. The second-order valence-corrected chi connectivity index (χ2v) is 15.1. The third-order valence-corrected chi connectivity index (χ3v) is 10.6. The number of hydrogen-bond donors (Lipinski definition) is 1. The molecule has 0 spiro atoms. The molecule has 0 aromatic heterocycles. The van der Waals surface area contributed by atoms with Gasteiger partial charge in [-0.25, -0.2) is 8.42 Å². The molecule has 1 aliphatic heterocycles. The van der Waals surface area contributed by atoms with Crippen molar-refractivity contribution in [1.29, 1.82) is 0 Å². The summed E-state index contributed by atoms with van der Waals surface area (Å²) in [4.78, 5) is 26.4. The highest BCUT2D eigenvalue weighted by atomic mass is 32.2. The second-order valence-electron chi connectivity index (χ2n) is 8.63. The number of methoxy groups -OCH3 is 1. The first-order valence-corrected chi connectivity index (χ1v) is 15.2. The van der Waals surface area contributed by atoms with Crippen molar-refractivity contribution in [2.75, 3.05) is 13.7 Å². The lowest BCUT2D eigenvalue weighted by Gasteiger charge is -2.37. The van der Waals surface area contributed by atoms with E-state index in [1.807, 2.05) is 13.0 Å². The van der Waals surface area contributed by atoms with Crippen molar-refractivity contribution in [3.8, 4) is 5.75 Å². The number of ether oxygens (including phenoxy) is 2. The number of rotatable bonds is 7. The number of nitrogens with one attached hydrogen (secondary N) is 1. The molecular formula is C23H29NO6SSi. The van der Waals surface area contributed by atoms with E-state index in [-0.39, 0.29) is 17.3 Å². The summed E-state index contributed by atoms with van der Waals surface area (Å²) in [5.41, 5.74) is 1.43. The Hall–Kier alpha value is -2.49. The molecule has 1 aliphatic rings. The Kier molecular flexibility index (Phi) is 6.92. The van der Waals surface area contributed by atoms with E-state index in [1.165, 1.54) is 12.1 Å². The van der Waals surface area contributed by atoms with Gasteiger partial charge in [0.15, 0.2) is 5.78 Å². The molecule has 2 aromatic carbocycles. The van der Waals surface area contributed by atoms with E-state index in [0.29, 0.717) is 17.4 Å². The zero-order valence-corrected chi connectivity index (χ0v) is 20.8. The molecular weight excluding hydrogens is 446 g/mol. The SMILES string of the molecule is CCOC(=O)[C@@H](NS(=O)(=O)c1ccc(C)cc1)[C@H]1C[Si](C)(C)c2cc(OC)ccc2C1=O. The van der Waals surface area contributed by atoms with Crippen LogP contribution in [0.4, 0.5) is 0 Å². The van der Waals surface area contributed by atoms with E-state index in [4.69, 9.17) is 9.47 Å². The highest BCUT2D eigenvalue weighted by molar-refractivity contribution is 7.89. The smallest absolute Gasteiger partial charge is 0.324 e. The summed E-state index contributed by atoms with van der Waals surface area (Å²) in [6.45, 7) is 7.78. The minimum absolute atomic E-state index is 0.0299. The first-order valence-electron chi connectivity index (χ1n) is 10.5. The van der Waals surface area contributed by atoms with Crippen LogP contribution in [0.1, 0.15) is 22.8 Å². The van der Waals surface area contributed by atoms with Gasteiger partial charge in [0, 0.05) is 11.5 Å². The fourth-order valence-corrected chi connectivity index (χ4v) is 8.56. The highest BCUT2D eigenvalue weighted by Gasteiger charge is 2.47. The Morgan fingerprint density at radius 1 is 1.19 bits per heavy atom. The third kappa shape index (κ3) is 4.79. The maximum atomic E-state index is 13.5. The summed E-state index contributed by atoms with van der Waals surface area (Å²) in [6, 6.07) is 10.7. The molecule has 0 saturated heterocycles. The van der Waals surface area contributed by atoms with E-state index in [9.17, 15) is 18.0 Å². The van der Waals surface area contributed by atoms with Crippen molar-refractivity contribution in [3.05, 3.63) is 53.6 Å². The number of Topliss-reactive ketones (excluding diaryl/α,β-unsaturated/α-hetero) is 1. The molecule has 0 saturated carbocycles. The van der Waals surface area contributed by atoms with Gasteiger partial charge >= 0.3 is 5.97 Å². The molecule has 172 valence electrons. The third-order valence-electron chi connectivity index (χ3n) is 5.84. The predicted octanol–water partition coefficient (Wildman–Crippen LogP) is 2.64. The van der Waals surface area contributed by atoms with Crippen LogP contribution in [-0.2, 0) is 19.6 Å². The van der Waals surface area contributed by atoms with E-state index in [2.05, 4.69) is 17.8 Å². The quantitative estimate of drug-likeness (QED) is 0.488. The van der Waals surface area contributed by atoms with Gasteiger partial charge in [-0.15, -0.1) is 0 Å². The second kappa shape index (κ2) is 9.17. The largest absolute Gasteiger partial charge is 0.497 e. The van der Waals surface area contributed by atoms with Crippen LogP contribution in [0.25, 0.3) is 0 Å². The molecule has 1 heterocycles. The fourth-order valence-electron chi connectivity index (χ4n) is 4.13. The summed E-state index contributed by atoms with van der Waals surface area (Å²) in [5.74, 6) is -1.20. The van der Waals surface area contributed by atoms with Crippen molar-refractivity contribution < 1.29 is 27.5 Å². The van der Waals surface area contributed by atoms with Gasteiger partial charge in [0.25, 0.3) is 0 Å². The summed E-state index contributed by atoms with van der Waals surface area (Å²) >= 11 is 0. The van der Waals surface area contributed by atoms with Gasteiger partial charge in [-0.1, -0.05) is 30.8 Å². The number of carbonyl (C=O) groups excluding carboxylic acids is 2. The van der Waals surface area contributed by atoms with Crippen LogP contribution in [0.15, 0.2) is 47.4 Å². The molecule has 0 aliphatic carbocycles. The Labute approximate surface area is 190 Å². The molecule has 9 heteroatoms. The Bertz CT molecular complexity index is 1130. The average molecular weight is 476 g/mol. The molecule has 32 heavy (non-hydrogen) atoms. The summed E-state index contributed by atoms with van der Waals surface area (Å²) in [5, 5.41) is 0.946. The average Bonchev–Trinajstić information content (AvgIpc) is 2.75. The summed E-state index contributed by atoms with van der Waals surface area (Å²) < 4.78 is 39.1. The molecule has 0 unspecified atom stereocenters. The van der Waals surface area contributed by atoms with Crippen LogP contribution in [-0.4, -0.2) is 48.0 Å². The lowest BCUT2D eigenvalue weighted by Crippen LogP contribution is -2.58. The van der Waals surface area contributed by atoms with Gasteiger partial charge in [0.2, 0.25) is 10.0 Å². The van der Waals surface area contributed by atoms with Crippen molar-refractivity contribution >= 4 is 35.0 Å². The van der Waals surface area contributed by atoms with E-state index in [0.717, 1.165) is 10.8 Å². The van der Waals surface area contributed by atoms with Crippen LogP contribution in [0.2, 0.25) is 19.1 Å². The summed E-state index contributed by atoms with van der Waals surface area (Å²) in [7, 11) is -4.68. The van der Waals surface area contributed by atoms with Gasteiger partial charge in [0.1, 0.15) is 11.8 Å². The van der Waals surface area contributed by atoms with Gasteiger partial charge in [-0.3, -0.25) is 9.59 Å². The van der Waals surface area contributed by atoms with Crippen molar-refractivity contribution in [2.45, 2.75) is 43.9 Å².